The summed E-state index contributed by atoms with van der Waals surface area (Å²) in [5.41, 5.74) is 1.34. The Morgan fingerprint density at radius 1 is 1.11 bits per heavy atom. The molecule has 0 spiro atoms. The molecule has 0 atom stereocenters. The normalized spacial score (nSPS) is 14.3. The van der Waals surface area contributed by atoms with Gasteiger partial charge in [-0.15, -0.1) is 0 Å². The van der Waals surface area contributed by atoms with Gasteiger partial charge in [0, 0.05) is 31.9 Å². The maximum Gasteiger partial charge on any atom is 0.296 e. The Balaban J connectivity index is 1.78. The Morgan fingerprint density at radius 3 is 2.43 bits per heavy atom. The van der Waals surface area contributed by atoms with Crippen LogP contribution in [-0.2, 0) is 6.54 Å². The Bertz CT molecular complexity index is 820. The van der Waals surface area contributed by atoms with Crippen LogP contribution in [0.2, 0.25) is 0 Å². The lowest BCUT2D eigenvalue weighted by molar-refractivity contribution is -0.384. The van der Waals surface area contributed by atoms with Crippen LogP contribution in [-0.4, -0.2) is 37.2 Å². The molecule has 8 heteroatoms. The molecule has 1 saturated heterocycles. The van der Waals surface area contributed by atoms with Crippen molar-refractivity contribution in [3.8, 4) is 11.5 Å². The lowest BCUT2D eigenvalue weighted by Gasteiger charge is -2.22. The van der Waals surface area contributed by atoms with E-state index in [0.717, 1.165) is 24.5 Å². The van der Waals surface area contributed by atoms with Gasteiger partial charge in [0.05, 0.1) is 25.2 Å². The fourth-order valence-corrected chi connectivity index (χ4v) is 3.40. The zero-order valence-corrected chi connectivity index (χ0v) is 16.3. The van der Waals surface area contributed by atoms with E-state index in [1.165, 1.54) is 46.0 Å². The maximum atomic E-state index is 11.4. The number of aromatic nitrogens is 1. The zero-order chi connectivity index (χ0) is 19.9. The highest BCUT2D eigenvalue weighted by molar-refractivity contribution is 5.68. The predicted molar refractivity (Wildman–Crippen MR) is 108 cm³/mol. The van der Waals surface area contributed by atoms with E-state index >= 15 is 0 Å². The Hall–Kier alpha value is -3.03. The summed E-state index contributed by atoms with van der Waals surface area (Å²) in [5.74, 6) is 1.73. The number of hydrogen-bond donors (Lipinski definition) is 1. The smallest absolute Gasteiger partial charge is 0.296 e. The molecule has 2 aromatic rings. The molecular weight excluding hydrogens is 360 g/mol. The van der Waals surface area contributed by atoms with Gasteiger partial charge >= 0.3 is 0 Å². The fourth-order valence-electron chi connectivity index (χ4n) is 3.40. The van der Waals surface area contributed by atoms with Gasteiger partial charge in [-0.25, -0.2) is 4.98 Å². The average Bonchev–Trinajstić information content (AvgIpc) is 3.01. The SMILES string of the molecule is COc1cc(NCc2ccnc(N3CCCCCC3)c2)c([N+](=O)[O-])cc1OC. The lowest BCUT2D eigenvalue weighted by Crippen LogP contribution is -2.25. The molecule has 0 bridgehead atoms. The van der Waals surface area contributed by atoms with Crippen molar-refractivity contribution in [2.75, 3.05) is 37.5 Å². The van der Waals surface area contributed by atoms with Crippen molar-refractivity contribution in [2.45, 2.75) is 32.2 Å². The van der Waals surface area contributed by atoms with Gasteiger partial charge in [0.1, 0.15) is 11.5 Å². The molecule has 150 valence electrons. The lowest BCUT2D eigenvalue weighted by atomic mass is 10.2. The summed E-state index contributed by atoms with van der Waals surface area (Å²) in [4.78, 5) is 17.8. The molecule has 0 unspecified atom stereocenters. The van der Waals surface area contributed by atoms with Crippen LogP contribution in [0.3, 0.4) is 0 Å². The second kappa shape index (κ2) is 9.25. The van der Waals surface area contributed by atoms with Gasteiger partial charge in [-0.2, -0.15) is 0 Å². The van der Waals surface area contributed by atoms with Gasteiger partial charge in [0.2, 0.25) is 0 Å². The molecule has 1 aromatic carbocycles. The summed E-state index contributed by atoms with van der Waals surface area (Å²) < 4.78 is 10.4. The third kappa shape index (κ3) is 4.62. The molecule has 0 saturated carbocycles. The van der Waals surface area contributed by atoms with Crippen LogP contribution in [0.25, 0.3) is 0 Å². The average molecular weight is 386 g/mol. The van der Waals surface area contributed by atoms with E-state index in [4.69, 9.17) is 9.47 Å². The molecule has 1 aromatic heterocycles. The van der Waals surface area contributed by atoms with Crippen molar-refractivity contribution in [1.82, 2.24) is 4.98 Å². The first-order valence-corrected chi connectivity index (χ1v) is 9.46. The predicted octanol–water partition coefficient (Wildman–Crippen LogP) is 4.00. The summed E-state index contributed by atoms with van der Waals surface area (Å²) in [6, 6.07) is 6.93. The van der Waals surface area contributed by atoms with E-state index < -0.39 is 4.92 Å². The summed E-state index contributed by atoms with van der Waals surface area (Å²) in [6.45, 7) is 2.48. The monoisotopic (exact) mass is 386 g/mol. The third-order valence-corrected chi connectivity index (χ3v) is 4.92. The highest BCUT2D eigenvalue weighted by Crippen LogP contribution is 2.37. The summed E-state index contributed by atoms with van der Waals surface area (Å²) in [6.07, 6.45) is 6.69. The van der Waals surface area contributed by atoms with Gasteiger partial charge in [-0.3, -0.25) is 10.1 Å². The van der Waals surface area contributed by atoms with Crippen molar-refractivity contribution < 1.29 is 14.4 Å². The van der Waals surface area contributed by atoms with Crippen LogP contribution in [0.1, 0.15) is 31.2 Å². The Morgan fingerprint density at radius 2 is 1.79 bits per heavy atom. The van der Waals surface area contributed by atoms with Crippen LogP contribution >= 0.6 is 0 Å². The molecule has 1 aliphatic rings. The van der Waals surface area contributed by atoms with Gasteiger partial charge < -0.3 is 19.7 Å². The molecule has 0 aliphatic carbocycles. The number of methoxy groups -OCH3 is 2. The minimum atomic E-state index is -0.431. The second-order valence-corrected chi connectivity index (χ2v) is 6.76. The summed E-state index contributed by atoms with van der Waals surface area (Å²) in [5, 5.41) is 14.6. The van der Waals surface area contributed by atoms with E-state index in [2.05, 4.69) is 15.2 Å². The van der Waals surface area contributed by atoms with Crippen LogP contribution in [0, 0.1) is 10.1 Å². The number of rotatable bonds is 7. The van der Waals surface area contributed by atoms with Crippen LogP contribution < -0.4 is 19.7 Å². The number of benzene rings is 1. The second-order valence-electron chi connectivity index (χ2n) is 6.76. The molecule has 28 heavy (non-hydrogen) atoms. The first kappa shape index (κ1) is 19.7. The standard InChI is InChI=1S/C20H26N4O4/c1-27-18-12-16(17(24(25)26)13-19(18)28-2)22-14-15-7-8-21-20(11-15)23-9-5-3-4-6-10-23/h7-8,11-13,22H,3-6,9-10,14H2,1-2H3. The first-order chi connectivity index (χ1) is 13.6. The molecular formula is C20H26N4O4. The van der Waals surface area contributed by atoms with Crippen molar-refractivity contribution in [3.63, 3.8) is 0 Å². The molecule has 3 rings (SSSR count). The highest BCUT2D eigenvalue weighted by atomic mass is 16.6. The number of nitro benzene ring substituents is 1. The van der Waals surface area contributed by atoms with Gasteiger partial charge in [-0.1, -0.05) is 12.8 Å². The number of pyridine rings is 1. The minimum Gasteiger partial charge on any atom is -0.493 e. The molecule has 0 radical (unpaired) electrons. The van der Waals surface area contributed by atoms with Gasteiger partial charge in [0.25, 0.3) is 5.69 Å². The summed E-state index contributed by atoms with van der Waals surface area (Å²) >= 11 is 0. The number of hydrogen-bond acceptors (Lipinski definition) is 7. The largest absolute Gasteiger partial charge is 0.493 e. The van der Waals surface area contributed by atoms with E-state index in [0.29, 0.717) is 23.7 Å². The van der Waals surface area contributed by atoms with Crippen molar-refractivity contribution in [3.05, 3.63) is 46.1 Å². The minimum absolute atomic E-state index is 0.0561. The Labute approximate surface area is 164 Å². The molecule has 1 fully saturated rings. The quantitative estimate of drug-likeness (QED) is 0.568. The molecule has 0 amide bonds. The highest BCUT2D eigenvalue weighted by Gasteiger charge is 2.19. The molecule has 8 nitrogen and oxygen atoms in total. The maximum absolute atomic E-state index is 11.4. The van der Waals surface area contributed by atoms with Crippen molar-refractivity contribution in [1.29, 1.82) is 0 Å². The van der Waals surface area contributed by atoms with E-state index in [1.54, 1.807) is 12.3 Å². The first-order valence-electron chi connectivity index (χ1n) is 9.46. The topological polar surface area (TPSA) is 89.8 Å². The third-order valence-electron chi connectivity index (χ3n) is 4.92. The summed E-state index contributed by atoms with van der Waals surface area (Å²) in [7, 11) is 2.96. The number of anilines is 2. The fraction of sp³-hybridized carbons (Fsp3) is 0.450. The Kier molecular flexibility index (Phi) is 6.52. The van der Waals surface area contributed by atoms with Crippen molar-refractivity contribution in [2.24, 2.45) is 0 Å². The molecule has 1 N–H and O–H groups in total. The zero-order valence-electron chi connectivity index (χ0n) is 16.3. The van der Waals surface area contributed by atoms with Crippen LogP contribution in [0.4, 0.5) is 17.2 Å². The molecule has 1 aliphatic heterocycles. The molecule has 2 heterocycles. The van der Waals surface area contributed by atoms with Gasteiger partial charge in [0.15, 0.2) is 11.5 Å². The van der Waals surface area contributed by atoms with Crippen molar-refractivity contribution >= 4 is 17.2 Å². The van der Waals surface area contributed by atoms with Crippen LogP contribution in [0.15, 0.2) is 30.5 Å². The number of nitrogens with zero attached hydrogens (tertiary/aromatic N) is 3. The number of nitro groups is 1. The van der Waals surface area contributed by atoms with Gasteiger partial charge in [-0.05, 0) is 30.5 Å². The van der Waals surface area contributed by atoms with Crippen LogP contribution in [0.5, 0.6) is 11.5 Å². The van der Waals surface area contributed by atoms with E-state index in [-0.39, 0.29) is 5.69 Å². The van der Waals surface area contributed by atoms with E-state index in [9.17, 15) is 10.1 Å². The number of ether oxygens (including phenoxy) is 2. The van der Waals surface area contributed by atoms with E-state index in [1.807, 2.05) is 12.1 Å². The number of nitrogens with one attached hydrogen (secondary N) is 1.